The molecule has 1 aromatic carbocycles. The number of sulfone groups is 1. The topological polar surface area (TPSA) is 144 Å². The summed E-state index contributed by atoms with van der Waals surface area (Å²) >= 11 is 0. The number of nitrogens with two attached hydrogens (primary N) is 1. The number of carbonyl (C=O) groups is 1. The van der Waals surface area contributed by atoms with Gasteiger partial charge in [0.15, 0.2) is 15.5 Å². The average Bonchev–Trinajstić information content (AvgIpc) is 3.46. The number of amides is 1. The van der Waals surface area contributed by atoms with E-state index >= 15 is 0 Å². The van der Waals surface area contributed by atoms with Crippen molar-refractivity contribution in [3.8, 4) is 22.4 Å². The molecule has 2 aliphatic heterocycles. The molecule has 2 aliphatic rings. The number of nitrogen functional groups attached to an aromatic ring is 1. The smallest absolute Gasteiger partial charge is 0.251 e. The van der Waals surface area contributed by atoms with Crippen LogP contribution < -0.4 is 5.73 Å². The summed E-state index contributed by atoms with van der Waals surface area (Å²) in [6.45, 7) is 1.47. The fraction of sp³-hybridized carbons (Fsp3) is 0.357. The van der Waals surface area contributed by atoms with E-state index in [2.05, 4.69) is 10.1 Å². The molecule has 3 N–H and O–H groups in total. The number of anilines is 1. The third-order valence-electron chi connectivity index (χ3n) is 7.98. The van der Waals surface area contributed by atoms with Crippen LogP contribution in [0.3, 0.4) is 0 Å². The number of halogens is 1. The fourth-order valence-electron chi connectivity index (χ4n) is 6.20. The zero-order chi connectivity index (χ0) is 28.3. The Balaban J connectivity index is 1.42. The summed E-state index contributed by atoms with van der Waals surface area (Å²) in [5.41, 5.74) is 10.0. The molecule has 2 fully saturated rings. The van der Waals surface area contributed by atoms with Crippen LogP contribution in [0.4, 0.5) is 10.2 Å². The number of aromatic nitrogens is 4. The summed E-state index contributed by atoms with van der Waals surface area (Å²) in [4.78, 5) is 23.8. The summed E-state index contributed by atoms with van der Waals surface area (Å²) in [6, 6.07) is 9.51. The minimum absolute atomic E-state index is 0.0144. The van der Waals surface area contributed by atoms with Crippen molar-refractivity contribution < 1.29 is 22.7 Å². The van der Waals surface area contributed by atoms with E-state index in [1.54, 1.807) is 29.4 Å². The van der Waals surface area contributed by atoms with Gasteiger partial charge >= 0.3 is 0 Å². The first-order chi connectivity index (χ1) is 19.0. The van der Waals surface area contributed by atoms with Gasteiger partial charge in [-0.15, -0.1) is 0 Å². The van der Waals surface area contributed by atoms with Gasteiger partial charge in [-0.3, -0.25) is 9.78 Å². The first-order valence-corrected chi connectivity index (χ1v) is 15.0. The van der Waals surface area contributed by atoms with Gasteiger partial charge in [-0.25, -0.2) is 17.8 Å². The Morgan fingerprint density at radius 1 is 1.07 bits per heavy atom. The molecular weight excluding hydrogens is 535 g/mol. The molecule has 10 nitrogen and oxygen atoms in total. The average molecular weight is 565 g/mol. The Kier molecular flexibility index (Phi) is 6.34. The second-order valence-electron chi connectivity index (χ2n) is 10.7. The third kappa shape index (κ3) is 4.40. The molecule has 12 heteroatoms. The first kappa shape index (κ1) is 26.3. The maximum absolute atomic E-state index is 13.3. The fourth-order valence-corrected chi connectivity index (χ4v) is 7.26. The van der Waals surface area contributed by atoms with E-state index in [1.807, 2.05) is 12.1 Å². The summed E-state index contributed by atoms with van der Waals surface area (Å²) < 4.78 is 40.6. The van der Waals surface area contributed by atoms with Crippen LogP contribution in [0.25, 0.3) is 28.0 Å². The van der Waals surface area contributed by atoms with E-state index < -0.39 is 15.9 Å². The summed E-state index contributed by atoms with van der Waals surface area (Å²) in [5.74, 6) is -0.881. The largest absolute Gasteiger partial charge is 0.384 e. The number of carbonyl (C=O) groups excluding carboxylic acids is 1. The van der Waals surface area contributed by atoms with Crippen molar-refractivity contribution in [2.75, 3.05) is 12.0 Å². The Hall–Kier alpha value is -3.90. The monoisotopic (exact) mass is 564 g/mol. The molecule has 208 valence electrons. The molecule has 1 amide bonds. The SMILES string of the molecule is CC(O)C(=O)N1[C@@H]2CC[C@H]1CC(c1nc3c(-c4ccc(-c5ccc(F)cc5)nc4)cnn3c(N)c1S(C)(=O)=O)C2. The van der Waals surface area contributed by atoms with Gasteiger partial charge in [0, 0.05) is 47.1 Å². The van der Waals surface area contributed by atoms with Crippen LogP contribution in [0.15, 0.2) is 53.7 Å². The van der Waals surface area contributed by atoms with E-state index in [9.17, 15) is 22.7 Å². The van der Waals surface area contributed by atoms with Gasteiger partial charge in [0.1, 0.15) is 22.6 Å². The number of aliphatic hydroxyl groups excluding tert-OH is 1. The van der Waals surface area contributed by atoms with Crippen LogP contribution in [0.1, 0.15) is 44.2 Å². The molecule has 4 atom stereocenters. The predicted octanol–water partition coefficient (Wildman–Crippen LogP) is 3.20. The lowest BCUT2D eigenvalue weighted by Crippen LogP contribution is -2.49. The number of fused-ring (bicyclic) bond motifs is 3. The molecule has 4 aromatic rings. The molecule has 40 heavy (non-hydrogen) atoms. The van der Waals surface area contributed by atoms with Gasteiger partial charge in [0.2, 0.25) is 0 Å². The second-order valence-corrected chi connectivity index (χ2v) is 12.6. The molecule has 0 aliphatic carbocycles. The molecule has 0 radical (unpaired) electrons. The van der Waals surface area contributed by atoms with Gasteiger partial charge in [0.05, 0.1) is 17.6 Å². The maximum atomic E-state index is 13.3. The standard InChI is InChI=1S/C28H29FN6O4S/c1-15(36)28(37)34-20-8-9-21(34)12-18(11-20)24-25(40(2,38)39)26(30)35-27(33-24)22(14-32-35)17-5-10-23(31-13-17)16-3-6-19(29)7-4-16/h3-7,10,13-15,18,20-21,36H,8-9,11-12,30H2,1-2H3/t15?,18?,20-,21+. The van der Waals surface area contributed by atoms with Gasteiger partial charge in [-0.2, -0.15) is 9.61 Å². The summed E-state index contributed by atoms with van der Waals surface area (Å²) in [5, 5.41) is 14.3. The molecule has 2 bridgehead atoms. The predicted molar refractivity (Wildman–Crippen MR) is 146 cm³/mol. The van der Waals surface area contributed by atoms with Crippen molar-refractivity contribution in [2.45, 2.75) is 61.6 Å². The van der Waals surface area contributed by atoms with Gasteiger partial charge in [-0.1, -0.05) is 6.07 Å². The normalized spacial score (nSPS) is 21.6. The maximum Gasteiger partial charge on any atom is 0.251 e. The molecule has 0 saturated carbocycles. The lowest BCUT2D eigenvalue weighted by atomic mass is 9.87. The second kappa shape index (κ2) is 9.63. The Bertz CT molecular complexity index is 1710. The summed E-state index contributed by atoms with van der Waals surface area (Å²) in [7, 11) is -3.77. The highest BCUT2D eigenvalue weighted by Crippen LogP contribution is 2.45. The Morgan fingerprint density at radius 2 is 1.73 bits per heavy atom. The number of hydrogen-bond acceptors (Lipinski definition) is 8. The number of aliphatic hydroxyl groups is 1. The number of pyridine rings is 1. The number of hydrogen-bond donors (Lipinski definition) is 2. The van der Waals surface area contributed by atoms with Crippen molar-refractivity contribution in [3.05, 3.63) is 60.3 Å². The number of piperidine rings is 1. The molecule has 0 spiro atoms. The van der Waals surface area contributed by atoms with Crippen molar-refractivity contribution in [3.63, 3.8) is 0 Å². The minimum atomic E-state index is -3.77. The van der Waals surface area contributed by atoms with Crippen molar-refractivity contribution >= 4 is 27.2 Å². The van der Waals surface area contributed by atoms with Crippen molar-refractivity contribution in [2.24, 2.45) is 0 Å². The Labute approximate surface area is 230 Å². The van der Waals surface area contributed by atoms with Crippen LogP contribution >= 0.6 is 0 Å². The molecular formula is C28H29FN6O4S. The zero-order valence-corrected chi connectivity index (χ0v) is 22.8. The van der Waals surface area contributed by atoms with E-state index in [0.29, 0.717) is 41.0 Å². The molecule has 3 aromatic heterocycles. The highest BCUT2D eigenvalue weighted by atomic mass is 32.2. The van der Waals surface area contributed by atoms with Crippen LogP contribution in [0, 0.1) is 5.82 Å². The van der Waals surface area contributed by atoms with E-state index in [-0.39, 0.29) is 40.4 Å². The third-order valence-corrected chi connectivity index (χ3v) is 9.14. The van der Waals surface area contributed by atoms with Crippen LogP contribution in [0.5, 0.6) is 0 Å². The van der Waals surface area contributed by atoms with Gasteiger partial charge < -0.3 is 15.7 Å². The lowest BCUT2D eigenvalue weighted by molar-refractivity contribution is -0.144. The first-order valence-electron chi connectivity index (χ1n) is 13.1. The number of nitrogens with zero attached hydrogens (tertiary/aromatic N) is 5. The highest BCUT2D eigenvalue weighted by Gasteiger charge is 2.46. The van der Waals surface area contributed by atoms with E-state index in [0.717, 1.165) is 24.7 Å². The van der Waals surface area contributed by atoms with Crippen molar-refractivity contribution in [1.82, 2.24) is 24.5 Å². The van der Waals surface area contributed by atoms with E-state index in [4.69, 9.17) is 10.7 Å². The minimum Gasteiger partial charge on any atom is -0.384 e. The molecule has 6 rings (SSSR count). The van der Waals surface area contributed by atoms with Crippen molar-refractivity contribution in [1.29, 1.82) is 0 Å². The molecule has 5 heterocycles. The quantitative estimate of drug-likeness (QED) is 0.376. The van der Waals surface area contributed by atoms with Crippen LogP contribution in [0.2, 0.25) is 0 Å². The van der Waals surface area contributed by atoms with Gasteiger partial charge in [-0.05, 0) is 62.9 Å². The summed E-state index contributed by atoms with van der Waals surface area (Å²) in [6.07, 6.45) is 5.89. The Morgan fingerprint density at radius 3 is 2.30 bits per heavy atom. The van der Waals surface area contributed by atoms with E-state index in [1.165, 1.54) is 23.6 Å². The molecule has 2 saturated heterocycles. The lowest BCUT2D eigenvalue weighted by Gasteiger charge is -2.39. The number of rotatable bonds is 5. The van der Waals surface area contributed by atoms with Gasteiger partial charge in [0.25, 0.3) is 5.91 Å². The van der Waals surface area contributed by atoms with Crippen LogP contribution in [-0.2, 0) is 14.6 Å². The van der Waals surface area contributed by atoms with Crippen LogP contribution in [-0.4, -0.2) is 68.4 Å². The molecule has 2 unspecified atom stereocenters. The highest BCUT2D eigenvalue weighted by molar-refractivity contribution is 7.91. The number of benzene rings is 1. The zero-order valence-electron chi connectivity index (χ0n) is 22.0.